The predicted molar refractivity (Wildman–Crippen MR) is 81.6 cm³/mol. The SMILES string of the molecule is CC1CCN(C(=O)CNS(=O)(=O)c2ccc(Cl)cc2)CC1. The molecule has 5 nitrogen and oxygen atoms in total. The molecule has 1 aliphatic heterocycles. The first kappa shape index (κ1) is 16.3. The molecule has 0 unspecified atom stereocenters. The smallest absolute Gasteiger partial charge is 0.241 e. The average Bonchev–Trinajstić information content (AvgIpc) is 2.46. The van der Waals surface area contributed by atoms with E-state index in [1.54, 1.807) is 4.90 Å². The number of amides is 1. The van der Waals surface area contributed by atoms with Gasteiger partial charge in [0, 0.05) is 18.1 Å². The van der Waals surface area contributed by atoms with Gasteiger partial charge in [-0.25, -0.2) is 13.1 Å². The van der Waals surface area contributed by atoms with Crippen LogP contribution in [-0.2, 0) is 14.8 Å². The Balaban J connectivity index is 1.92. The van der Waals surface area contributed by atoms with Crippen molar-refractivity contribution in [2.24, 2.45) is 5.92 Å². The van der Waals surface area contributed by atoms with Crippen molar-refractivity contribution in [2.75, 3.05) is 19.6 Å². The molecule has 21 heavy (non-hydrogen) atoms. The Morgan fingerprint density at radius 2 is 1.86 bits per heavy atom. The molecule has 1 aliphatic rings. The van der Waals surface area contributed by atoms with E-state index in [2.05, 4.69) is 11.6 Å². The second-order valence-corrected chi connectivity index (χ2v) is 7.55. The molecule has 1 saturated heterocycles. The summed E-state index contributed by atoms with van der Waals surface area (Å²) >= 11 is 5.73. The summed E-state index contributed by atoms with van der Waals surface area (Å²) in [5, 5.41) is 0.465. The standard InChI is InChI=1S/C14H19ClN2O3S/c1-11-6-8-17(9-7-11)14(18)10-16-21(19,20)13-4-2-12(15)3-5-13/h2-5,11,16H,6-10H2,1H3. The van der Waals surface area contributed by atoms with Gasteiger partial charge in [0.15, 0.2) is 0 Å². The Kier molecular flexibility index (Phi) is 5.24. The van der Waals surface area contributed by atoms with Gasteiger partial charge in [0.2, 0.25) is 15.9 Å². The Labute approximate surface area is 130 Å². The molecule has 0 aliphatic carbocycles. The van der Waals surface area contributed by atoms with Gasteiger partial charge in [-0.3, -0.25) is 4.79 Å². The zero-order valence-electron chi connectivity index (χ0n) is 11.9. The van der Waals surface area contributed by atoms with Crippen molar-refractivity contribution in [3.63, 3.8) is 0 Å². The number of halogens is 1. The molecule has 0 aromatic heterocycles. The summed E-state index contributed by atoms with van der Waals surface area (Å²) in [6.07, 6.45) is 1.94. The molecule has 1 aromatic carbocycles. The molecule has 0 atom stereocenters. The summed E-state index contributed by atoms with van der Waals surface area (Å²) in [7, 11) is -3.68. The Bertz CT molecular complexity index is 593. The van der Waals surface area contributed by atoms with E-state index in [1.807, 2.05) is 0 Å². The molecule has 116 valence electrons. The van der Waals surface area contributed by atoms with E-state index in [9.17, 15) is 13.2 Å². The number of nitrogens with one attached hydrogen (secondary N) is 1. The molecule has 7 heteroatoms. The lowest BCUT2D eigenvalue weighted by molar-refractivity contribution is -0.131. The van der Waals surface area contributed by atoms with Gasteiger partial charge in [0.25, 0.3) is 0 Å². The highest BCUT2D eigenvalue weighted by Crippen LogP contribution is 2.16. The molecule has 1 aromatic rings. The first-order valence-corrected chi connectivity index (χ1v) is 8.77. The van der Waals surface area contributed by atoms with Gasteiger partial charge in [-0.15, -0.1) is 0 Å². The fourth-order valence-corrected chi connectivity index (χ4v) is 3.32. The number of hydrogen-bond acceptors (Lipinski definition) is 3. The van der Waals surface area contributed by atoms with E-state index in [0.29, 0.717) is 24.0 Å². The Morgan fingerprint density at radius 1 is 1.29 bits per heavy atom. The number of benzene rings is 1. The van der Waals surface area contributed by atoms with Crippen molar-refractivity contribution < 1.29 is 13.2 Å². The van der Waals surface area contributed by atoms with Gasteiger partial charge in [-0.1, -0.05) is 18.5 Å². The quantitative estimate of drug-likeness (QED) is 0.916. The molecule has 1 fully saturated rings. The molecule has 0 radical (unpaired) electrons. The van der Waals surface area contributed by atoms with Crippen molar-refractivity contribution in [3.8, 4) is 0 Å². The second-order valence-electron chi connectivity index (χ2n) is 5.34. The topological polar surface area (TPSA) is 66.5 Å². The highest BCUT2D eigenvalue weighted by molar-refractivity contribution is 7.89. The maximum Gasteiger partial charge on any atom is 0.241 e. The fraction of sp³-hybridized carbons (Fsp3) is 0.500. The molecular weight excluding hydrogens is 312 g/mol. The molecule has 0 saturated carbocycles. The second kappa shape index (κ2) is 6.77. The van der Waals surface area contributed by atoms with Crippen LogP contribution in [0, 0.1) is 5.92 Å². The molecule has 2 rings (SSSR count). The van der Waals surface area contributed by atoms with Crippen LogP contribution in [0.1, 0.15) is 19.8 Å². The first-order valence-electron chi connectivity index (χ1n) is 6.91. The number of carbonyl (C=O) groups excluding carboxylic acids is 1. The van der Waals surface area contributed by atoms with Crippen molar-refractivity contribution in [3.05, 3.63) is 29.3 Å². The molecule has 1 heterocycles. The van der Waals surface area contributed by atoms with E-state index in [4.69, 9.17) is 11.6 Å². The van der Waals surface area contributed by atoms with Gasteiger partial charge in [0.1, 0.15) is 0 Å². The van der Waals surface area contributed by atoms with Crippen LogP contribution >= 0.6 is 11.6 Å². The van der Waals surface area contributed by atoms with E-state index < -0.39 is 10.0 Å². The van der Waals surface area contributed by atoms with E-state index in [-0.39, 0.29) is 17.3 Å². The van der Waals surface area contributed by atoms with E-state index >= 15 is 0 Å². The summed E-state index contributed by atoms with van der Waals surface area (Å²) in [5.74, 6) is 0.444. The number of piperidine rings is 1. The van der Waals surface area contributed by atoms with Crippen LogP contribution < -0.4 is 4.72 Å². The van der Waals surface area contributed by atoms with Gasteiger partial charge in [0.05, 0.1) is 11.4 Å². The highest BCUT2D eigenvalue weighted by Gasteiger charge is 2.22. The average molecular weight is 331 g/mol. The zero-order chi connectivity index (χ0) is 15.5. The number of hydrogen-bond donors (Lipinski definition) is 1. The van der Waals surface area contributed by atoms with Crippen LogP contribution in [0.15, 0.2) is 29.2 Å². The molecular formula is C14H19ClN2O3S. The van der Waals surface area contributed by atoms with Crippen LogP contribution in [-0.4, -0.2) is 38.9 Å². The van der Waals surface area contributed by atoms with Crippen molar-refractivity contribution in [2.45, 2.75) is 24.7 Å². The number of likely N-dealkylation sites (tertiary alicyclic amines) is 1. The normalized spacial score (nSPS) is 17.0. The summed E-state index contributed by atoms with van der Waals surface area (Å²) < 4.78 is 26.5. The van der Waals surface area contributed by atoms with Crippen molar-refractivity contribution >= 4 is 27.5 Å². The van der Waals surface area contributed by atoms with Crippen molar-refractivity contribution in [1.29, 1.82) is 0 Å². The maximum absolute atomic E-state index is 12.1. The molecule has 0 bridgehead atoms. The third-order valence-electron chi connectivity index (χ3n) is 3.67. The summed E-state index contributed by atoms with van der Waals surface area (Å²) in [4.78, 5) is 13.8. The Morgan fingerprint density at radius 3 is 2.43 bits per heavy atom. The number of sulfonamides is 1. The predicted octanol–water partition coefficient (Wildman–Crippen LogP) is 1.88. The van der Waals surface area contributed by atoms with Gasteiger partial charge in [-0.05, 0) is 43.0 Å². The number of nitrogens with zero attached hydrogens (tertiary/aromatic N) is 1. The summed E-state index contributed by atoms with van der Waals surface area (Å²) in [6, 6.07) is 5.84. The lowest BCUT2D eigenvalue weighted by Crippen LogP contribution is -2.43. The Hall–Kier alpha value is -1.11. The summed E-state index contributed by atoms with van der Waals surface area (Å²) in [6.45, 7) is 3.34. The third kappa shape index (κ3) is 4.43. The van der Waals surface area contributed by atoms with Crippen LogP contribution in [0.4, 0.5) is 0 Å². The van der Waals surface area contributed by atoms with Crippen LogP contribution in [0.25, 0.3) is 0 Å². The van der Waals surface area contributed by atoms with Gasteiger partial charge in [-0.2, -0.15) is 0 Å². The van der Waals surface area contributed by atoms with Crippen molar-refractivity contribution in [1.82, 2.24) is 9.62 Å². The first-order chi connectivity index (χ1) is 9.88. The van der Waals surface area contributed by atoms with Crippen LogP contribution in [0.5, 0.6) is 0 Å². The fourth-order valence-electron chi connectivity index (χ4n) is 2.22. The monoisotopic (exact) mass is 330 g/mol. The highest BCUT2D eigenvalue weighted by atomic mass is 35.5. The number of carbonyl (C=O) groups is 1. The summed E-state index contributed by atoms with van der Waals surface area (Å²) in [5.41, 5.74) is 0. The lowest BCUT2D eigenvalue weighted by atomic mass is 9.99. The van der Waals surface area contributed by atoms with Gasteiger partial charge < -0.3 is 4.90 Å². The van der Waals surface area contributed by atoms with Gasteiger partial charge >= 0.3 is 0 Å². The molecule has 0 spiro atoms. The minimum absolute atomic E-state index is 0.104. The maximum atomic E-state index is 12.1. The minimum Gasteiger partial charge on any atom is -0.342 e. The minimum atomic E-state index is -3.68. The number of rotatable bonds is 4. The third-order valence-corrected chi connectivity index (χ3v) is 5.34. The molecule has 1 amide bonds. The molecule has 1 N–H and O–H groups in total. The van der Waals surface area contributed by atoms with E-state index in [0.717, 1.165) is 12.8 Å². The zero-order valence-corrected chi connectivity index (χ0v) is 13.5. The van der Waals surface area contributed by atoms with Crippen LogP contribution in [0.3, 0.4) is 0 Å². The largest absolute Gasteiger partial charge is 0.342 e. The van der Waals surface area contributed by atoms with Crippen LogP contribution in [0.2, 0.25) is 5.02 Å². The lowest BCUT2D eigenvalue weighted by Gasteiger charge is -2.30. The van der Waals surface area contributed by atoms with E-state index in [1.165, 1.54) is 24.3 Å².